The Kier molecular flexibility index (Phi) is 3.90. The van der Waals surface area contributed by atoms with Crippen molar-refractivity contribution in [2.45, 2.75) is 27.4 Å². The predicted octanol–water partition coefficient (Wildman–Crippen LogP) is 4.58. The average molecular weight is 312 g/mol. The summed E-state index contributed by atoms with van der Waals surface area (Å²) in [5.41, 5.74) is 2.67. The molecule has 2 aromatic rings. The summed E-state index contributed by atoms with van der Waals surface area (Å²) in [6.45, 7) is 5.63. The maximum atomic E-state index is 13.6. The van der Waals surface area contributed by atoms with Crippen molar-refractivity contribution < 1.29 is 18.7 Å². The summed E-state index contributed by atoms with van der Waals surface area (Å²) in [4.78, 5) is 12.3. The highest BCUT2D eigenvalue weighted by Crippen LogP contribution is 2.38. The molecule has 0 N–H and O–H groups in total. The van der Waals surface area contributed by atoms with E-state index in [0.29, 0.717) is 28.4 Å². The van der Waals surface area contributed by atoms with Gasteiger partial charge in [0.25, 0.3) is 0 Å². The average Bonchev–Trinajstić information content (AvgIpc) is 2.84. The number of Topliss-reactive ketones (excluding diaryl/α,β-unsaturated/α-hetero) is 1. The molecule has 0 atom stereocenters. The van der Waals surface area contributed by atoms with Gasteiger partial charge in [0, 0.05) is 11.6 Å². The van der Waals surface area contributed by atoms with Crippen molar-refractivity contribution in [1.82, 2.24) is 0 Å². The Morgan fingerprint density at radius 3 is 2.65 bits per heavy atom. The number of rotatable bonds is 3. The van der Waals surface area contributed by atoms with Crippen molar-refractivity contribution in [3.8, 4) is 11.5 Å². The van der Waals surface area contributed by atoms with Gasteiger partial charge >= 0.3 is 0 Å². The third-order valence-corrected chi connectivity index (χ3v) is 3.72. The van der Waals surface area contributed by atoms with Crippen LogP contribution in [0.5, 0.6) is 11.5 Å². The van der Waals surface area contributed by atoms with Crippen molar-refractivity contribution in [3.05, 3.63) is 70.2 Å². The molecule has 0 radical (unpaired) electrons. The number of halogens is 1. The maximum Gasteiger partial charge on any atom is 0.232 e. The molecule has 0 aromatic heterocycles. The lowest BCUT2D eigenvalue weighted by Crippen LogP contribution is -2.02. The number of fused-ring (bicyclic) bond motifs is 1. The first kappa shape index (κ1) is 15.3. The zero-order valence-corrected chi connectivity index (χ0v) is 13.3. The summed E-state index contributed by atoms with van der Waals surface area (Å²) >= 11 is 0. The van der Waals surface area contributed by atoms with Gasteiger partial charge in [-0.3, -0.25) is 4.79 Å². The first-order valence-corrected chi connectivity index (χ1v) is 7.38. The van der Waals surface area contributed by atoms with Gasteiger partial charge in [-0.15, -0.1) is 0 Å². The van der Waals surface area contributed by atoms with Crippen LogP contribution >= 0.6 is 0 Å². The fraction of sp³-hybridized carbons (Fsp3) is 0.211. The van der Waals surface area contributed by atoms with Gasteiger partial charge in [0.15, 0.2) is 5.76 Å². The van der Waals surface area contributed by atoms with Crippen LogP contribution < -0.4 is 9.47 Å². The third-order valence-electron chi connectivity index (χ3n) is 3.72. The van der Waals surface area contributed by atoms with Crippen LogP contribution in [0.2, 0.25) is 0 Å². The standard InChI is InChI=1S/C19H17FO3/c1-11(2)19-18(21)17-12(3)8-14(9-16(17)23-19)22-10-13-6-4-5-7-15(13)20/h4-9H,10H2,1-3H3. The molecule has 0 saturated carbocycles. The molecular formula is C19H17FO3. The van der Waals surface area contributed by atoms with Gasteiger partial charge in [-0.25, -0.2) is 4.39 Å². The molecule has 4 heteroatoms. The molecule has 1 aliphatic rings. The monoisotopic (exact) mass is 312 g/mol. The number of carbonyl (C=O) groups is 1. The van der Waals surface area contributed by atoms with Crippen LogP contribution in [0.3, 0.4) is 0 Å². The number of carbonyl (C=O) groups excluding carboxylic acids is 1. The normalized spacial score (nSPS) is 12.9. The van der Waals surface area contributed by atoms with Gasteiger partial charge in [-0.05, 0) is 44.0 Å². The lowest BCUT2D eigenvalue weighted by molar-refractivity contribution is 0.101. The molecule has 1 aliphatic heterocycles. The van der Waals surface area contributed by atoms with Crippen LogP contribution in [-0.4, -0.2) is 5.78 Å². The molecule has 0 spiro atoms. The maximum absolute atomic E-state index is 13.6. The van der Waals surface area contributed by atoms with Gasteiger partial charge in [0.1, 0.15) is 23.9 Å². The van der Waals surface area contributed by atoms with Crippen molar-refractivity contribution in [2.24, 2.45) is 0 Å². The highest BCUT2D eigenvalue weighted by molar-refractivity contribution is 6.13. The van der Waals surface area contributed by atoms with E-state index >= 15 is 0 Å². The van der Waals surface area contributed by atoms with E-state index in [4.69, 9.17) is 9.47 Å². The second-order valence-corrected chi connectivity index (χ2v) is 5.75. The summed E-state index contributed by atoms with van der Waals surface area (Å²) in [6.07, 6.45) is 0. The van der Waals surface area contributed by atoms with E-state index in [2.05, 4.69) is 0 Å². The molecule has 0 amide bonds. The van der Waals surface area contributed by atoms with Crippen LogP contribution in [0.25, 0.3) is 0 Å². The van der Waals surface area contributed by atoms with Crippen molar-refractivity contribution >= 4 is 5.78 Å². The molecule has 118 valence electrons. The second kappa shape index (κ2) is 5.88. The number of allylic oxidation sites excluding steroid dienone is 2. The molecule has 1 heterocycles. The Morgan fingerprint density at radius 2 is 1.96 bits per heavy atom. The van der Waals surface area contributed by atoms with Crippen LogP contribution in [0.1, 0.15) is 35.3 Å². The highest BCUT2D eigenvalue weighted by Gasteiger charge is 2.30. The minimum atomic E-state index is -0.302. The molecule has 0 unspecified atom stereocenters. The van der Waals surface area contributed by atoms with Gasteiger partial charge in [0.05, 0.1) is 5.56 Å². The lowest BCUT2D eigenvalue weighted by Gasteiger charge is -2.09. The summed E-state index contributed by atoms with van der Waals surface area (Å²) < 4.78 is 24.9. The first-order chi connectivity index (χ1) is 11.0. The SMILES string of the molecule is CC(C)=C1Oc2cc(OCc3ccccc3F)cc(C)c2C1=O. The Labute approximate surface area is 134 Å². The largest absolute Gasteiger partial charge is 0.489 e. The molecule has 0 bridgehead atoms. The van der Waals surface area contributed by atoms with Crippen LogP contribution in [0, 0.1) is 12.7 Å². The number of ketones is 1. The fourth-order valence-corrected chi connectivity index (χ4v) is 2.55. The highest BCUT2D eigenvalue weighted by atomic mass is 19.1. The minimum Gasteiger partial charge on any atom is -0.489 e. The molecule has 23 heavy (non-hydrogen) atoms. The molecule has 0 fully saturated rings. The molecule has 3 nitrogen and oxygen atoms in total. The number of benzene rings is 2. The van der Waals surface area contributed by atoms with Crippen molar-refractivity contribution in [3.63, 3.8) is 0 Å². The van der Waals surface area contributed by atoms with Gasteiger partial charge in [-0.2, -0.15) is 0 Å². The summed E-state index contributed by atoms with van der Waals surface area (Å²) in [5.74, 6) is 1.01. The van der Waals surface area contributed by atoms with E-state index in [0.717, 1.165) is 11.1 Å². The lowest BCUT2D eigenvalue weighted by atomic mass is 10.0. The van der Waals surface area contributed by atoms with E-state index in [9.17, 15) is 9.18 Å². The number of hydrogen-bond acceptors (Lipinski definition) is 3. The Morgan fingerprint density at radius 1 is 1.22 bits per heavy atom. The van der Waals surface area contributed by atoms with E-state index in [-0.39, 0.29) is 18.2 Å². The molecule has 0 aliphatic carbocycles. The summed E-state index contributed by atoms with van der Waals surface area (Å²) in [6, 6.07) is 9.93. The molecular weight excluding hydrogens is 295 g/mol. The topological polar surface area (TPSA) is 35.5 Å². The fourth-order valence-electron chi connectivity index (χ4n) is 2.55. The smallest absolute Gasteiger partial charge is 0.232 e. The van der Waals surface area contributed by atoms with E-state index in [1.807, 2.05) is 20.8 Å². The van der Waals surface area contributed by atoms with Crippen molar-refractivity contribution in [2.75, 3.05) is 0 Å². The zero-order valence-electron chi connectivity index (χ0n) is 13.3. The number of hydrogen-bond donors (Lipinski definition) is 0. The zero-order chi connectivity index (χ0) is 16.6. The Balaban J connectivity index is 1.86. The van der Waals surface area contributed by atoms with Crippen molar-refractivity contribution in [1.29, 1.82) is 0 Å². The van der Waals surface area contributed by atoms with Crippen LogP contribution in [0.4, 0.5) is 4.39 Å². The summed E-state index contributed by atoms with van der Waals surface area (Å²) in [7, 11) is 0. The first-order valence-electron chi connectivity index (χ1n) is 7.38. The molecule has 0 saturated heterocycles. The summed E-state index contributed by atoms with van der Waals surface area (Å²) in [5, 5.41) is 0. The van der Waals surface area contributed by atoms with Gasteiger partial charge < -0.3 is 9.47 Å². The minimum absolute atomic E-state index is 0.0989. The quantitative estimate of drug-likeness (QED) is 0.778. The molecule has 3 rings (SSSR count). The number of ether oxygens (including phenoxy) is 2. The Hall–Kier alpha value is -2.62. The van der Waals surface area contributed by atoms with E-state index in [1.165, 1.54) is 6.07 Å². The van der Waals surface area contributed by atoms with E-state index < -0.39 is 0 Å². The second-order valence-electron chi connectivity index (χ2n) is 5.75. The Bertz CT molecular complexity index is 817. The third kappa shape index (κ3) is 2.84. The van der Waals surface area contributed by atoms with Gasteiger partial charge in [-0.1, -0.05) is 18.2 Å². The predicted molar refractivity (Wildman–Crippen MR) is 85.2 cm³/mol. The van der Waals surface area contributed by atoms with Crippen LogP contribution in [0.15, 0.2) is 47.7 Å². The number of aryl methyl sites for hydroxylation is 1. The van der Waals surface area contributed by atoms with Crippen LogP contribution in [-0.2, 0) is 6.61 Å². The van der Waals surface area contributed by atoms with Gasteiger partial charge in [0.2, 0.25) is 5.78 Å². The van der Waals surface area contributed by atoms with E-state index in [1.54, 1.807) is 30.3 Å². The molecule has 2 aromatic carbocycles.